The number of carbonyl (C=O) groups is 1. The number of aryl methyl sites for hydroxylation is 1. The second-order valence-electron chi connectivity index (χ2n) is 5.67. The number of rotatable bonds is 6. The van der Waals surface area contributed by atoms with Crippen molar-refractivity contribution in [1.29, 1.82) is 0 Å². The lowest BCUT2D eigenvalue weighted by Gasteiger charge is -2.18. The van der Waals surface area contributed by atoms with Crippen molar-refractivity contribution >= 4 is 5.91 Å². The van der Waals surface area contributed by atoms with E-state index < -0.39 is 0 Å². The number of benzene rings is 1. The van der Waals surface area contributed by atoms with Crippen molar-refractivity contribution in [2.45, 2.75) is 25.8 Å². The minimum absolute atomic E-state index is 0.0789. The molecule has 7 heteroatoms. The van der Waals surface area contributed by atoms with E-state index in [1.165, 1.54) is 0 Å². The first-order valence-corrected chi connectivity index (χ1v) is 7.69. The molecule has 0 saturated carbocycles. The molecule has 0 saturated heterocycles. The number of amides is 1. The van der Waals surface area contributed by atoms with Crippen molar-refractivity contribution in [3.63, 3.8) is 0 Å². The van der Waals surface area contributed by atoms with Crippen molar-refractivity contribution in [3.8, 4) is 5.75 Å². The molecule has 1 unspecified atom stereocenters. The number of aromatic hydroxyl groups is 1. The van der Waals surface area contributed by atoms with Crippen LogP contribution in [0.25, 0.3) is 0 Å². The first-order valence-electron chi connectivity index (χ1n) is 7.69. The van der Waals surface area contributed by atoms with Gasteiger partial charge in [0.15, 0.2) is 11.4 Å². The van der Waals surface area contributed by atoms with E-state index in [0.29, 0.717) is 18.5 Å². The summed E-state index contributed by atoms with van der Waals surface area (Å²) in [5.41, 5.74) is 2.53. The summed E-state index contributed by atoms with van der Waals surface area (Å²) in [6.07, 6.45) is 4.62. The van der Waals surface area contributed by atoms with Crippen molar-refractivity contribution in [3.05, 3.63) is 65.5 Å². The first-order chi connectivity index (χ1) is 11.6. The van der Waals surface area contributed by atoms with Gasteiger partial charge < -0.3 is 15.4 Å². The number of imidazole rings is 1. The molecule has 3 rings (SSSR count). The molecule has 7 nitrogen and oxygen atoms in total. The summed E-state index contributed by atoms with van der Waals surface area (Å²) in [5.74, 6) is -0.499. The maximum atomic E-state index is 12.4. The quantitative estimate of drug-likeness (QED) is 0.553. The van der Waals surface area contributed by atoms with Crippen LogP contribution in [-0.4, -0.2) is 37.2 Å². The molecule has 1 atom stereocenters. The number of carbonyl (C=O) groups excluding carboxylic acids is 1. The number of nitrogens with zero attached hydrogens (tertiary/aromatic N) is 2. The average molecular weight is 325 g/mol. The van der Waals surface area contributed by atoms with E-state index in [-0.39, 0.29) is 23.4 Å². The lowest BCUT2D eigenvalue weighted by molar-refractivity contribution is 0.0929. The Morgan fingerprint density at radius 2 is 2.08 bits per heavy atom. The molecule has 1 aromatic carbocycles. The Morgan fingerprint density at radius 1 is 1.29 bits per heavy atom. The highest BCUT2D eigenvalue weighted by Gasteiger charge is 2.20. The molecule has 124 valence electrons. The average Bonchev–Trinajstić information content (AvgIpc) is 3.19. The fraction of sp³-hybridized carbons (Fsp3) is 0.235. The van der Waals surface area contributed by atoms with Gasteiger partial charge in [-0.25, -0.2) is 4.98 Å². The van der Waals surface area contributed by atoms with Crippen molar-refractivity contribution < 1.29 is 9.90 Å². The fourth-order valence-corrected chi connectivity index (χ4v) is 2.58. The highest BCUT2D eigenvalue weighted by atomic mass is 16.3. The van der Waals surface area contributed by atoms with Gasteiger partial charge in [0, 0.05) is 24.4 Å². The van der Waals surface area contributed by atoms with Crippen molar-refractivity contribution in [1.82, 2.24) is 25.5 Å². The monoisotopic (exact) mass is 325 g/mol. The van der Waals surface area contributed by atoms with Gasteiger partial charge in [-0.05, 0) is 18.9 Å². The molecule has 24 heavy (non-hydrogen) atoms. The molecule has 0 radical (unpaired) electrons. The van der Waals surface area contributed by atoms with Crippen LogP contribution < -0.4 is 5.32 Å². The molecule has 0 bridgehead atoms. The third-order valence-corrected chi connectivity index (χ3v) is 3.82. The van der Waals surface area contributed by atoms with E-state index in [1.54, 1.807) is 19.4 Å². The predicted octanol–water partition coefficient (Wildman–Crippen LogP) is 1.73. The second kappa shape index (κ2) is 6.99. The molecule has 2 aromatic heterocycles. The normalized spacial score (nSPS) is 12.0. The lowest BCUT2D eigenvalue weighted by Crippen LogP contribution is -2.38. The molecule has 0 aliphatic carbocycles. The molecule has 2 heterocycles. The molecule has 0 fully saturated rings. The number of aromatic nitrogens is 4. The molecular formula is C17H19N5O2. The summed E-state index contributed by atoms with van der Waals surface area (Å²) >= 11 is 0. The maximum Gasteiger partial charge on any atom is 0.273 e. The Hall–Kier alpha value is -3.09. The van der Waals surface area contributed by atoms with Gasteiger partial charge in [-0.3, -0.25) is 9.89 Å². The van der Waals surface area contributed by atoms with Crippen LogP contribution in [0.1, 0.15) is 27.4 Å². The second-order valence-corrected chi connectivity index (χ2v) is 5.67. The van der Waals surface area contributed by atoms with Gasteiger partial charge in [0.1, 0.15) is 5.69 Å². The van der Waals surface area contributed by atoms with Crippen LogP contribution in [0.4, 0.5) is 0 Å². The third-order valence-electron chi connectivity index (χ3n) is 3.82. The molecule has 4 N–H and O–H groups in total. The van der Waals surface area contributed by atoms with E-state index in [0.717, 1.165) is 11.3 Å². The Balaban J connectivity index is 1.76. The standard InChI is InChI=1S/C17H19N5O2/c1-11-16(23)15(22-21-11)17(24)20-13(8-14-9-18-10-19-14)7-12-5-3-2-4-6-12/h2-6,9-10,13,23H,7-8H2,1H3,(H,18,19)(H,20,24)(H,21,22). The fourth-order valence-electron chi connectivity index (χ4n) is 2.58. The zero-order chi connectivity index (χ0) is 16.9. The van der Waals surface area contributed by atoms with Crippen molar-refractivity contribution in [2.24, 2.45) is 0 Å². The zero-order valence-corrected chi connectivity index (χ0v) is 13.3. The SMILES string of the molecule is Cc1n[nH]c(C(=O)NC(Cc2ccccc2)Cc2cnc[nH]2)c1O. The summed E-state index contributed by atoms with van der Waals surface area (Å²) in [4.78, 5) is 19.5. The van der Waals surface area contributed by atoms with Gasteiger partial charge in [0.25, 0.3) is 5.91 Å². The Bertz CT molecular complexity index is 796. The van der Waals surface area contributed by atoms with Crippen LogP contribution in [0.5, 0.6) is 5.75 Å². The molecule has 3 aromatic rings. The predicted molar refractivity (Wildman–Crippen MR) is 88.7 cm³/mol. The van der Waals surface area contributed by atoms with Crippen LogP contribution in [0, 0.1) is 6.92 Å². The topological polar surface area (TPSA) is 107 Å². The summed E-state index contributed by atoms with van der Waals surface area (Å²) in [6.45, 7) is 1.63. The van der Waals surface area contributed by atoms with Crippen LogP contribution in [0.2, 0.25) is 0 Å². The minimum Gasteiger partial charge on any atom is -0.504 e. The molecule has 0 aliphatic heterocycles. The summed E-state index contributed by atoms with van der Waals surface area (Å²) in [7, 11) is 0. The van der Waals surface area contributed by atoms with Gasteiger partial charge in [0.05, 0.1) is 6.33 Å². The smallest absolute Gasteiger partial charge is 0.273 e. The third kappa shape index (κ3) is 3.62. The minimum atomic E-state index is -0.381. The zero-order valence-electron chi connectivity index (χ0n) is 13.3. The van der Waals surface area contributed by atoms with E-state index in [9.17, 15) is 9.90 Å². The number of hydrogen-bond acceptors (Lipinski definition) is 4. The van der Waals surface area contributed by atoms with Crippen molar-refractivity contribution in [2.75, 3.05) is 0 Å². The van der Waals surface area contributed by atoms with E-state index in [1.807, 2.05) is 30.3 Å². The molecule has 1 amide bonds. The van der Waals surface area contributed by atoms with Crippen LogP contribution in [0.3, 0.4) is 0 Å². The molecular weight excluding hydrogens is 306 g/mol. The lowest BCUT2D eigenvalue weighted by atomic mass is 10.0. The molecule has 0 aliphatic rings. The van der Waals surface area contributed by atoms with Crippen LogP contribution in [-0.2, 0) is 12.8 Å². The van der Waals surface area contributed by atoms with Gasteiger partial charge in [-0.15, -0.1) is 0 Å². The summed E-state index contributed by atoms with van der Waals surface area (Å²) in [5, 5.41) is 19.3. The highest BCUT2D eigenvalue weighted by molar-refractivity contribution is 5.95. The number of hydrogen-bond donors (Lipinski definition) is 4. The van der Waals surface area contributed by atoms with Crippen LogP contribution >= 0.6 is 0 Å². The van der Waals surface area contributed by atoms with Crippen LogP contribution in [0.15, 0.2) is 42.9 Å². The molecule has 0 spiro atoms. The first kappa shape index (κ1) is 15.8. The number of H-pyrrole nitrogens is 2. The van der Waals surface area contributed by atoms with Gasteiger partial charge in [-0.1, -0.05) is 30.3 Å². The van der Waals surface area contributed by atoms with E-state index in [2.05, 4.69) is 25.5 Å². The summed E-state index contributed by atoms with van der Waals surface area (Å²) in [6, 6.07) is 9.78. The number of nitrogens with one attached hydrogen (secondary N) is 3. The van der Waals surface area contributed by atoms with E-state index in [4.69, 9.17) is 0 Å². The van der Waals surface area contributed by atoms with Gasteiger partial charge in [0.2, 0.25) is 0 Å². The Labute approximate surface area is 139 Å². The number of aromatic amines is 2. The Kier molecular flexibility index (Phi) is 4.60. The highest BCUT2D eigenvalue weighted by Crippen LogP contribution is 2.18. The maximum absolute atomic E-state index is 12.4. The largest absolute Gasteiger partial charge is 0.504 e. The van der Waals surface area contributed by atoms with Gasteiger partial charge >= 0.3 is 0 Å². The van der Waals surface area contributed by atoms with Gasteiger partial charge in [-0.2, -0.15) is 5.10 Å². The summed E-state index contributed by atoms with van der Waals surface area (Å²) < 4.78 is 0. The Morgan fingerprint density at radius 3 is 2.71 bits per heavy atom. The van der Waals surface area contributed by atoms with E-state index >= 15 is 0 Å².